The fourth-order valence-electron chi connectivity index (χ4n) is 3.79. The van der Waals surface area contributed by atoms with Crippen LogP contribution in [0.3, 0.4) is 0 Å². The van der Waals surface area contributed by atoms with Crippen molar-refractivity contribution in [2.24, 2.45) is 0 Å². The van der Waals surface area contributed by atoms with Gasteiger partial charge in [0.05, 0.1) is 6.54 Å². The van der Waals surface area contributed by atoms with Gasteiger partial charge in [-0.15, -0.1) is 20.4 Å². The van der Waals surface area contributed by atoms with E-state index in [-0.39, 0.29) is 18.1 Å². The van der Waals surface area contributed by atoms with E-state index in [4.69, 9.17) is 10.5 Å². The smallest absolute Gasteiger partial charge is 0.415 e. The molecule has 0 bridgehead atoms. The number of ether oxygens (including phenoxy) is 1. The molecule has 178 valence electrons. The molecule has 3 aromatic carbocycles. The molecule has 1 aliphatic rings. The van der Waals surface area contributed by atoms with Crippen molar-refractivity contribution in [1.29, 1.82) is 0 Å². The molecule has 9 heteroatoms. The van der Waals surface area contributed by atoms with Crippen LogP contribution in [0.1, 0.15) is 28.1 Å². The van der Waals surface area contributed by atoms with Gasteiger partial charge in [-0.2, -0.15) is 0 Å². The molecule has 1 aliphatic carbocycles. The SMILES string of the molecule is CN(Cc1nnc(-c2ccc(N)cc2)nn1)C(=O)Oc1ccc2c(c1)CCc1cc(O)ccc1C#C2. The minimum Gasteiger partial charge on any atom is -0.508 e. The third-order valence-electron chi connectivity index (χ3n) is 5.75. The lowest BCUT2D eigenvalue weighted by Gasteiger charge is -2.16. The number of nitrogen functional groups attached to an aromatic ring is 1. The number of amides is 1. The van der Waals surface area contributed by atoms with E-state index in [2.05, 4.69) is 32.2 Å². The number of aromatic hydroxyl groups is 1. The van der Waals surface area contributed by atoms with Crippen LogP contribution in [0.2, 0.25) is 0 Å². The third kappa shape index (κ3) is 5.08. The lowest BCUT2D eigenvalue weighted by atomic mass is 9.94. The van der Waals surface area contributed by atoms with Crippen LogP contribution in [0.15, 0.2) is 60.7 Å². The summed E-state index contributed by atoms with van der Waals surface area (Å²) in [7, 11) is 1.59. The second kappa shape index (κ2) is 9.72. The van der Waals surface area contributed by atoms with Gasteiger partial charge < -0.3 is 20.5 Å². The van der Waals surface area contributed by atoms with Crippen LogP contribution in [0.25, 0.3) is 11.4 Å². The van der Waals surface area contributed by atoms with E-state index in [0.717, 1.165) is 27.8 Å². The summed E-state index contributed by atoms with van der Waals surface area (Å²) in [4.78, 5) is 14.0. The Labute approximate surface area is 207 Å². The summed E-state index contributed by atoms with van der Waals surface area (Å²) in [6, 6.07) is 17.7. The number of fused-ring (bicyclic) bond motifs is 2. The minimum atomic E-state index is -0.562. The van der Waals surface area contributed by atoms with Crippen molar-refractivity contribution in [2.75, 3.05) is 12.8 Å². The summed E-state index contributed by atoms with van der Waals surface area (Å²) < 4.78 is 5.57. The highest BCUT2D eigenvalue weighted by Gasteiger charge is 2.16. The van der Waals surface area contributed by atoms with Crippen molar-refractivity contribution in [1.82, 2.24) is 25.3 Å². The van der Waals surface area contributed by atoms with Crippen LogP contribution in [0.5, 0.6) is 11.5 Å². The Kier molecular flexibility index (Phi) is 6.16. The summed E-state index contributed by atoms with van der Waals surface area (Å²) in [5.41, 5.74) is 10.8. The number of nitrogens with two attached hydrogens (primary N) is 1. The first-order valence-corrected chi connectivity index (χ1v) is 11.3. The molecular weight excluding hydrogens is 456 g/mol. The fraction of sp³-hybridized carbons (Fsp3) is 0.148. The number of phenols is 1. The van der Waals surface area contributed by atoms with Gasteiger partial charge in [-0.05, 0) is 84.6 Å². The summed E-state index contributed by atoms with van der Waals surface area (Å²) >= 11 is 0. The number of aryl methyl sites for hydroxylation is 2. The highest BCUT2D eigenvalue weighted by molar-refractivity contribution is 5.70. The zero-order valence-corrected chi connectivity index (χ0v) is 19.5. The molecule has 0 atom stereocenters. The summed E-state index contributed by atoms with van der Waals surface area (Å²) in [5, 5.41) is 26.1. The van der Waals surface area contributed by atoms with Crippen molar-refractivity contribution in [3.05, 3.63) is 88.7 Å². The van der Waals surface area contributed by atoms with Crippen LogP contribution in [0.4, 0.5) is 10.5 Å². The Morgan fingerprint density at radius 3 is 2.28 bits per heavy atom. The second-order valence-corrected chi connectivity index (χ2v) is 8.40. The van der Waals surface area contributed by atoms with Crippen LogP contribution in [0, 0.1) is 11.8 Å². The monoisotopic (exact) mass is 478 g/mol. The molecule has 0 unspecified atom stereocenters. The number of nitrogens with zero attached hydrogens (tertiary/aromatic N) is 5. The third-order valence-corrected chi connectivity index (χ3v) is 5.75. The molecule has 5 rings (SSSR count). The average Bonchev–Trinajstić information content (AvgIpc) is 2.87. The number of phenolic OH excluding ortho intramolecular Hbond substituents is 1. The molecule has 0 radical (unpaired) electrons. The van der Waals surface area contributed by atoms with Crippen molar-refractivity contribution >= 4 is 11.8 Å². The molecule has 0 fully saturated rings. The fourth-order valence-corrected chi connectivity index (χ4v) is 3.79. The Balaban J connectivity index is 1.24. The van der Waals surface area contributed by atoms with Gasteiger partial charge >= 0.3 is 6.09 Å². The van der Waals surface area contributed by atoms with Crippen molar-refractivity contribution < 1.29 is 14.6 Å². The quantitative estimate of drug-likeness (QED) is 0.338. The maximum absolute atomic E-state index is 12.7. The highest BCUT2D eigenvalue weighted by atomic mass is 16.6. The predicted octanol–water partition coefficient (Wildman–Crippen LogP) is 3.35. The normalized spacial score (nSPS) is 11.7. The molecule has 0 aliphatic heterocycles. The largest absolute Gasteiger partial charge is 0.508 e. The number of hydrogen-bond acceptors (Lipinski definition) is 8. The summed E-state index contributed by atoms with van der Waals surface area (Å²) in [5.74, 6) is 7.62. The molecule has 0 saturated carbocycles. The number of carbonyl (C=O) groups is 1. The number of aromatic nitrogens is 4. The second-order valence-electron chi connectivity index (χ2n) is 8.40. The Hall–Kier alpha value is -4.97. The molecule has 1 aromatic heterocycles. The van der Waals surface area contributed by atoms with Gasteiger partial charge in [-0.1, -0.05) is 11.8 Å². The van der Waals surface area contributed by atoms with E-state index >= 15 is 0 Å². The van der Waals surface area contributed by atoms with Gasteiger partial charge in [0.1, 0.15) is 11.5 Å². The maximum atomic E-state index is 12.7. The van der Waals surface area contributed by atoms with Crippen molar-refractivity contribution in [2.45, 2.75) is 19.4 Å². The number of carbonyl (C=O) groups excluding carboxylic acids is 1. The van der Waals surface area contributed by atoms with Crippen molar-refractivity contribution in [3.8, 4) is 34.7 Å². The van der Waals surface area contributed by atoms with E-state index < -0.39 is 6.09 Å². The number of rotatable bonds is 4. The van der Waals surface area contributed by atoms with Gasteiger partial charge in [0.15, 0.2) is 5.82 Å². The van der Waals surface area contributed by atoms with Crippen LogP contribution < -0.4 is 10.5 Å². The molecule has 1 heterocycles. The van der Waals surface area contributed by atoms with Gasteiger partial charge in [-0.25, -0.2) is 4.79 Å². The first-order valence-electron chi connectivity index (χ1n) is 11.3. The standard InChI is InChI=1S/C27H22N6O3/c1-33(16-25-29-31-26(32-30-25)19-6-10-22(28)11-7-19)27(35)36-24-13-9-18-3-2-17-8-12-23(34)14-20(17)4-5-21(18)15-24/h6-15,34H,4-5,16,28H2,1H3. The van der Waals surface area contributed by atoms with Crippen LogP contribution >= 0.6 is 0 Å². The Bertz CT molecular complexity index is 1490. The van der Waals surface area contributed by atoms with Gasteiger partial charge in [0.25, 0.3) is 0 Å². The van der Waals surface area contributed by atoms with E-state index in [1.807, 2.05) is 18.2 Å². The first kappa shape index (κ1) is 22.8. The number of benzene rings is 3. The van der Waals surface area contributed by atoms with Crippen molar-refractivity contribution in [3.63, 3.8) is 0 Å². The maximum Gasteiger partial charge on any atom is 0.415 e. The van der Waals surface area contributed by atoms with Crippen LogP contribution in [-0.2, 0) is 19.4 Å². The van der Waals surface area contributed by atoms with Gasteiger partial charge in [-0.3, -0.25) is 0 Å². The lowest BCUT2D eigenvalue weighted by Crippen LogP contribution is -2.30. The molecule has 3 N–H and O–H groups in total. The molecule has 0 saturated heterocycles. The summed E-state index contributed by atoms with van der Waals surface area (Å²) in [6.07, 6.45) is 0.855. The van der Waals surface area contributed by atoms with Gasteiger partial charge in [0, 0.05) is 29.4 Å². The van der Waals surface area contributed by atoms with E-state index in [0.29, 0.717) is 30.1 Å². The first-order chi connectivity index (χ1) is 17.4. The zero-order chi connectivity index (χ0) is 25.1. The predicted molar refractivity (Wildman–Crippen MR) is 133 cm³/mol. The molecule has 4 aromatic rings. The molecule has 1 amide bonds. The topological polar surface area (TPSA) is 127 Å². The molecule has 36 heavy (non-hydrogen) atoms. The number of anilines is 1. The lowest BCUT2D eigenvalue weighted by molar-refractivity contribution is 0.159. The molecular formula is C27H22N6O3. The van der Waals surface area contributed by atoms with Gasteiger partial charge in [0.2, 0.25) is 5.82 Å². The Morgan fingerprint density at radius 2 is 1.58 bits per heavy atom. The van der Waals surface area contributed by atoms with E-state index in [1.165, 1.54) is 4.90 Å². The molecule has 9 nitrogen and oxygen atoms in total. The Morgan fingerprint density at radius 1 is 0.944 bits per heavy atom. The summed E-state index contributed by atoms with van der Waals surface area (Å²) in [6.45, 7) is 0.0809. The minimum absolute atomic E-state index is 0.0809. The van der Waals surface area contributed by atoms with Crippen LogP contribution in [-0.4, -0.2) is 43.5 Å². The zero-order valence-electron chi connectivity index (χ0n) is 19.5. The average molecular weight is 479 g/mol. The van der Waals surface area contributed by atoms with E-state index in [9.17, 15) is 9.90 Å². The highest BCUT2D eigenvalue weighted by Crippen LogP contribution is 2.24. The number of hydrogen-bond donors (Lipinski definition) is 2. The van der Waals surface area contributed by atoms with E-state index in [1.54, 1.807) is 49.5 Å². The molecule has 0 spiro atoms.